The van der Waals surface area contributed by atoms with Crippen LogP contribution in [-0.2, 0) is 30.1 Å². The van der Waals surface area contributed by atoms with Gasteiger partial charge < -0.3 is 0 Å². The van der Waals surface area contributed by atoms with Gasteiger partial charge in [0.25, 0.3) is 0 Å². The van der Waals surface area contributed by atoms with E-state index in [1.54, 1.807) is 0 Å². The fourth-order valence-corrected chi connectivity index (χ4v) is 0.975. The molecule has 0 fully saturated rings. The summed E-state index contributed by atoms with van der Waals surface area (Å²) >= 11 is -0.472. The molecule has 13 heavy (non-hydrogen) atoms. The standard InChI is InChI=1S/C8H15N2.2ClH.Pt/c1-3-4-5-10-7-6-9(2)8-10;;;/h6-8H,3-5H2,1-2H3;2*1H;/q+1;;;+2/p-2. The van der Waals surface area contributed by atoms with Crippen LogP contribution in [0.4, 0.5) is 0 Å². The van der Waals surface area contributed by atoms with Gasteiger partial charge in [-0.15, -0.1) is 0 Å². The fourth-order valence-electron chi connectivity index (χ4n) is 0.975. The van der Waals surface area contributed by atoms with E-state index in [1.165, 1.54) is 12.8 Å². The Morgan fingerprint density at radius 3 is 2.46 bits per heavy atom. The Balaban J connectivity index is 0.000000424. The first-order valence-electron chi connectivity index (χ1n) is 4.08. The van der Waals surface area contributed by atoms with Crippen LogP contribution in [-0.4, -0.2) is 4.57 Å². The van der Waals surface area contributed by atoms with Gasteiger partial charge in [-0.3, -0.25) is 0 Å². The summed E-state index contributed by atoms with van der Waals surface area (Å²) in [5.41, 5.74) is 0. The number of halogens is 2. The van der Waals surface area contributed by atoms with E-state index in [1.807, 2.05) is 7.05 Å². The van der Waals surface area contributed by atoms with Crippen molar-refractivity contribution in [3.05, 3.63) is 18.7 Å². The second-order valence-electron chi connectivity index (χ2n) is 2.72. The molecule has 0 saturated carbocycles. The minimum atomic E-state index is -0.472. The van der Waals surface area contributed by atoms with Gasteiger partial charge in [0.1, 0.15) is 12.4 Å². The monoisotopic (exact) mass is 404 g/mol. The Bertz CT molecular complexity index is 216. The van der Waals surface area contributed by atoms with Gasteiger partial charge in [-0.1, -0.05) is 13.3 Å². The van der Waals surface area contributed by atoms with Gasteiger partial charge in [0.2, 0.25) is 6.33 Å². The first kappa shape index (κ1) is 13.5. The number of hydrogen-bond acceptors (Lipinski definition) is 0. The first-order valence-corrected chi connectivity index (χ1v) is 9.71. The molecule has 0 aromatic carbocycles. The Labute approximate surface area is 96.2 Å². The van der Waals surface area contributed by atoms with Gasteiger partial charge in [-0.25, -0.2) is 9.13 Å². The van der Waals surface area contributed by atoms with Crippen LogP contribution in [0.15, 0.2) is 18.7 Å². The molecule has 0 bridgehead atoms. The summed E-state index contributed by atoms with van der Waals surface area (Å²) in [4.78, 5) is 0. The predicted octanol–water partition coefficient (Wildman–Crippen LogP) is 2.49. The van der Waals surface area contributed by atoms with Crippen molar-refractivity contribution in [2.45, 2.75) is 26.3 Å². The molecule has 0 unspecified atom stereocenters. The topological polar surface area (TPSA) is 8.81 Å². The molecule has 0 saturated heterocycles. The number of hydrogen-bond donors (Lipinski definition) is 0. The number of unbranched alkanes of at least 4 members (excludes halogenated alkanes) is 1. The minimum absolute atomic E-state index is 0.472. The Kier molecular flexibility index (Phi) is 9.38. The van der Waals surface area contributed by atoms with Crippen LogP contribution < -0.4 is 4.57 Å². The Hall–Kier alpha value is 0.478. The van der Waals surface area contributed by atoms with E-state index in [-0.39, 0.29) is 0 Å². The fraction of sp³-hybridized carbons (Fsp3) is 0.625. The summed E-state index contributed by atoms with van der Waals surface area (Å²) < 4.78 is 4.28. The van der Waals surface area contributed by atoms with E-state index in [0.29, 0.717) is 0 Å². The molecule has 2 nitrogen and oxygen atoms in total. The number of rotatable bonds is 3. The molecule has 1 heterocycles. The molecular weight excluding hydrogens is 390 g/mol. The van der Waals surface area contributed by atoms with Gasteiger partial charge in [-0.05, 0) is 6.42 Å². The van der Waals surface area contributed by atoms with E-state index in [9.17, 15) is 0 Å². The van der Waals surface area contributed by atoms with Gasteiger partial charge in [0.05, 0.1) is 13.6 Å². The number of nitrogens with zero attached hydrogens (tertiary/aromatic N) is 2. The van der Waals surface area contributed by atoms with Crippen LogP contribution in [0.2, 0.25) is 0 Å². The maximum atomic E-state index is 4.88. The van der Waals surface area contributed by atoms with Crippen molar-refractivity contribution in [2.75, 3.05) is 0 Å². The van der Waals surface area contributed by atoms with Crippen LogP contribution in [0.25, 0.3) is 0 Å². The molecule has 1 aromatic rings. The van der Waals surface area contributed by atoms with Crippen LogP contribution >= 0.6 is 18.8 Å². The third-order valence-corrected chi connectivity index (χ3v) is 1.59. The van der Waals surface area contributed by atoms with Crippen molar-refractivity contribution in [1.82, 2.24) is 4.57 Å². The van der Waals surface area contributed by atoms with Crippen LogP contribution in [0.1, 0.15) is 19.8 Å². The average molecular weight is 405 g/mol. The van der Waals surface area contributed by atoms with Crippen molar-refractivity contribution >= 4 is 18.8 Å². The molecule has 80 valence electrons. The van der Waals surface area contributed by atoms with Gasteiger partial charge in [-0.2, -0.15) is 0 Å². The molecule has 1 rings (SSSR count). The SMILES string of the molecule is CCCCn1cc[n+](C)c1.[Cl][Pt][Cl]. The number of aromatic nitrogens is 2. The van der Waals surface area contributed by atoms with Gasteiger partial charge >= 0.3 is 35.3 Å². The second-order valence-corrected chi connectivity index (χ2v) is 6.00. The maximum absolute atomic E-state index is 4.88. The summed E-state index contributed by atoms with van der Waals surface area (Å²) in [7, 11) is 11.8. The average Bonchev–Trinajstić information content (AvgIpc) is 2.49. The summed E-state index contributed by atoms with van der Waals surface area (Å²) in [5, 5.41) is 0. The van der Waals surface area contributed by atoms with Crippen LogP contribution in [0.5, 0.6) is 0 Å². The van der Waals surface area contributed by atoms with E-state index >= 15 is 0 Å². The van der Waals surface area contributed by atoms with Gasteiger partial charge in [0.15, 0.2) is 0 Å². The third kappa shape index (κ3) is 7.54. The summed E-state index contributed by atoms with van der Waals surface area (Å²) in [6, 6.07) is 0. The van der Waals surface area contributed by atoms with Crippen molar-refractivity contribution in [1.29, 1.82) is 0 Å². The van der Waals surface area contributed by atoms with Gasteiger partial charge in [0, 0.05) is 0 Å². The second kappa shape index (κ2) is 9.05. The first-order chi connectivity index (χ1) is 6.24. The zero-order valence-corrected chi connectivity index (χ0v) is 11.6. The van der Waals surface area contributed by atoms with Crippen molar-refractivity contribution in [3.8, 4) is 0 Å². The normalized spacial score (nSPS) is 9.54. The van der Waals surface area contributed by atoms with Crippen molar-refractivity contribution in [2.24, 2.45) is 7.05 Å². The predicted molar refractivity (Wildman–Crippen MR) is 52.2 cm³/mol. The van der Waals surface area contributed by atoms with E-state index in [4.69, 9.17) is 18.8 Å². The number of imidazole rings is 1. The molecular formula is C8H15Cl2N2Pt+. The van der Waals surface area contributed by atoms with E-state index in [0.717, 1.165) is 6.54 Å². The Morgan fingerprint density at radius 2 is 2.08 bits per heavy atom. The molecule has 0 aliphatic rings. The summed E-state index contributed by atoms with van der Waals surface area (Å²) in [6.45, 7) is 3.36. The van der Waals surface area contributed by atoms with E-state index in [2.05, 4.69) is 34.8 Å². The van der Waals surface area contributed by atoms with E-state index < -0.39 is 16.5 Å². The molecule has 0 N–H and O–H groups in total. The van der Waals surface area contributed by atoms with Crippen LogP contribution in [0, 0.1) is 0 Å². The molecule has 1 aromatic heterocycles. The molecule has 0 aliphatic heterocycles. The molecule has 0 atom stereocenters. The zero-order chi connectivity index (χ0) is 10.1. The van der Waals surface area contributed by atoms with Crippen LogP contribution in [0.3, 0.4) is 0 Å². The molecule has 5 heteroatoms. The molecule has 0 aliphatic carbocycles. The summed E-state index contributed by atoms with van der Waals surface area (Å²) in [5.74, 6) is 0. The zero-order valence-electron chi connectivity index (χ0n) is 7.82. The quantitative estimate of drug-likeness (QED) is 0.684. The third-order valence-electron chi connectivity index (χ3n) is 1.59. The molecule has 0 spiro atoms. The Morgan fingerprint density at radius 1 is 1.46 bits per heavy atom. The summed E-state index contributed by atoms with van der Waals surface area (Å²) in [6.07, 6.45) is 8.82. The van der Waals surface area contributed by atoms with Crippen molar-refractivity contribution in [3.63, 3.8) is 0 Å². The van der Waals surface area contributed by atoms with Crippen molar-refractivity contribution < 1.29 is 21.0 Å². The molecule has 0 radical (unpaired) electrons. The molecule has 0 amide bonds. The number of aryl methyl sites for hydroxylation is 2.